The van der Waals surface area contributed by atoms with Crippen LogP contribution >= 0.6 is 0 Å². The third-order valence-corrected chi connectivity index (χ3v) is 1.88. The Morgan fingerprint density at radius 2 is 2.31 bits per heavy atom. The summed E-state index contributed by atoms with van der Waals surface area (Å²) >= 11 is 0. The zero-order chi connectivity index (χ0) is 12.0. The molecule has 6 nitrogen and oxygen atoms in total. The van der Waals surface area contributed by atoms with E-state index in [-0.39, 0.29) is 12.2 Å². The van der Waals surface area contributed by atoms with E-state index < -0.39 is 5.97 Å². The van der Waals surface area contributed by atoms with Gasteiger partial charge in [-0.1, -0.05) is 0 Å². The smallest absolute Gasteiger partial charge is 0.341 e. The molecule has 0 saturated carbocycles. The summed E-state index contributed by atoms with van der Waals surface area (Å²) in [4.78, 5) is 19.1. The van der Waals surface area contributed by atoms with Gasteiger partial charge in [0.1, 0.15) is 11.9 Å². The average Bonchev–Trinajstić information content (AvgIpc) is 2.35. The minimum absolute atomic E-state index is 0.162. The molecule has 1 N–H and O–H groups in total. The van der Waals surface area contributed by atoms with Crippen molar-refractivity contribution in [3.63, 3.8) is 0 Å². The van der Waals surface area contributed by atoms with Crippen molar-refractivity contribution in [2.45, 2.75) is 6.61 Å². The minimum Gasteiger partial charge on any atom is -0.503 e. The standard InChI is InChI=1S/C10H12N2O4/c1-15-5-8(10(14)16-2)7-3-11-6-12-9(7)4-13/h3,5-6,13H,4H2,1-2H3/b8-5+. The molecule has 1 rings (SSSR count). The second-order valence-electron chi connectivity index (χ2n) is 2.80. The Hall–Kier alpha value is -1.95. The molecule has 1 aromatic heterocycles. The molecule has 0 radical (unpaired) electrons. The maximum atomic E-state index is 11.5. The van der Waals surface area contributed by atoms with Gasteiger partial charge in [-0.3, -0.25) is 0 Å². The lowest BCUT2D eigenvalue weighted by molar-refractivity contribution is -0.133. The predicted molar refractivity (Wildman–Crippen MR) is 55.0 cm³/mol. The number of hydrogen-bond acceptors (Lipinski definition) is 6. The Morgan fingerprint density at radius 1 is 1.56 bits per heavy atom. The van der Waals surface area contributed by atoms with E-state index in [4.69, 9.17) is 9.84 Å². The molecule has 0 bridgehead atoms. The summed E-state index contributed by atoms with van der Waals surface area (Å²) in [6.45, 7) is -0.296. The number of aromatic nitrogens is 2. The Labute approximate surface area is 92.6 Å². The van der Waals surface area contributed by atoms with Crippen LogP contribution in [0.3, 0.4) is 0 Å². The van der Waals surface area contributed by atoms with Crippen LogP contribution < -0.4 is 0 Å². The second kappa shape index (κ2) is 5.82. The van der Waals surface area contributed by atoms with Crippen LogP contribution in [0.4, 0.5) is 0 Å². The van der Waals surface area contributed by atoms with Gasteiger partial charge in [0, 0.05) is 11.8 Å². The molecule has 86 valence electrons. The highest BCUT2D eigenvalue weighted by Gasteiger charge is 2.17. The van der Waals surface area contributed by atoms with Crippen LogP contribution in [0.1, 0.15) is 11.3 Å². The molecule has 0 aliphatic rings. The van der Waals surface area contributed by atoms with Crippen molar-refractivity contribution in [1.29, 1.82) is 0 Å². The van der Waals surface area contributed by atoms with Crippen LogP contribution in [0, 0.1) is 0 Å². The highest BCUT2D eigenvalue weighted by atomic mass is 16.5. The molecule has 0 saturated heterocycles. The van der Waals surface area contributed by atoms with Gasteiger partial charge in [0.15, 0.2) is 0 Å². The van der Waals surface area contributed by atoms with E-state index in [1.54, 1.807) is 0 Å². The van der Waals surface area contributed by atoms with Crippen LogP contribution in [-0.4, -0.2) is 35.3 Å². The molecule has 0 aliphatic carbocycles. The Bertz CT molecular complexity index is 404. The van der Waals surface area contributed by atoms with E-state index in [1.165, 1.54) is 33.0 Å². The Balaban J connectivity index is 3.21. The highest BCUT2D eigenvalue weighted by Crippen LogP contribution is 2.18. The summed E-state index contributed by atoms with van der Waals surface area (Å²) in [7, 11) is 2.67. The van der Waals surface area contributed by atoms with E-state index in [0.717, 1.165) is 0 Å². The Morgan fingerprint density at radius 3 is 2.88 bits per heavy atom. The van der Waals surface area contributed by atoms with Gasteiger partial charge in [-0.15, -0.1) is 0 Å². The summed E-state index contributed by atoms with van der Waals surface area (Å²) in [5, 5.41) is 9.08. The molecule has 1 heterocycles. The predicted octanol–water partition coefficient (Wildman–Crippen LogP) is 0.129. The number of nitrogens with zero attached hydrogens (tertiary/aromatic N) is 2. The van der Waals surface area contributed by atoms with E-state index >= 15 is 0 Å². The Kier molecular flexibility index (Phi) is 4.41. The van der Waals surface area contributed by atoms with Gasteiger partial charge in [0.2, 0.25) is 0 Å². The number of methoxy groups -OCH3 is 2. The molecule has 16 heavy (non-hydrogen) atoms. The quantitative estimate of drug-likeness (QED) is 0.444. The summed E-state index contributed by atoms with van der Waals surface area (Å²) in [6, 6.07) is 0. The molecule has 0 aliphatic heterocycles. The highest BCUT2D eigenvalue weighted by molar-refractivity contribution is 6.16. The molecule has 0 amide bonds. The number of esters is 1. The van der Waals surface area contributed by atoms with Gasteiger partial charge in [-0.05, 0) is 0 Å². The first kappa shape index (κ1) is 12.1. The summed E-state index contributed by atoms with van der Waals surface area (Å²) in [5.41, 5.74) is 0.886. The minimum atomic E-state index is -0.577. The van der Waals surface area contributed by atoms with Crippen molar-refractivity contribution in [1.82, 2.24) is 9.97 Å². The number of rotatable bonds is 4. The fraction of sp³-hybridized carbons (Fsp3) is 0.300. The first-order chi connectivity index (χ1) is 7.74. The fourth-order valence-corrected chi connectivity index (χ4v) is 1.16. The summed E-state index contributed by atoms with van der Waals surface area (Å²) in [6.07, 6.45) is 3.93. The van der Waals surface area contributed by atoms with Crippen molar-refractivity contribution >= 4 is 11.5 Å². The maximum absolute atomic E-state index is 11.5. The summed E-state index contributed by atoms with van der Waals surface area (Å²) in [5.74, 6) is -0.577. The molecule has 0 unspecified atom stereocenters. The van der Waals surface area contributed by atoms with Gasteiger partial charge in [-0.25, -0.2) is 14.8 Å². The maximum Gasteiger partial charge on any atom is 0.341 e. The van der Waals surface area contributed by atoms with Crippen LogP contribution in [-0.2, 0) is 20.9 Å². The lowest BCUT2D eigenvalue weighted by Gasteiger charge is -2.07. The normalized spacial score (nSPS) is 11.1. The first-order valence-corrected chi connectivity index (χ1v) is 4.46. The third kappa shape index (κ3) is 2.54. The van der Waals surface area contributed by atoms with E-state index in [1.807, 2.05) is 0 Å². The lowest BCUT2D eigenvalue weighted by atomic mass is 10.1. The molecule has 0 spiro atoms. The number of hydrogen-bond donors (Lipinski definition) is 1. The van der Waals surface area contributed by atoms with Crippen molar-refractivity contribution in [2.24, 2.45) is 0 Å². The van der Waals surface area contributed by atoms with Gasteiger partial charge in [0.05, 0.1) is 32.8 Å². The van der Waals surface area contributed by atoms with E-state index in [0.29, 0.717) is 11.3 Å². The van der Waals surface area contributed by atoms with Gasteiger partial charge in [0.25, 0.3) is 0 Å². The number of aliphatic hydroxyl groups excluding tert-OH is 1. The second-order valence-corrected chi connectivity index (χ2v) is 2.80. The van der Waals surface area contributed by atoms with Crippen molar-refractivity contribution in [2.75, 3.05) is 14.2 Å². The first-order valence-electron chi connectivity index (χ1n) is 4.46. The molecule has 0 atom stereocenters. The number of ether oxygens (including phenoxy) is 2. The number of aliphatic hydroxyl groups is 1. The molecule has 0 fully saturated rings. The monoisotopic (exact) mass is 224 g/mol. The fourth-order valence-electron chi connectivity index (χ4n) is 1.16. The molecular weight excluding hydrogens is 212 g/mol. The number of carbonyl (C=O) groups is 1. The molecule has 1 aromatic rings. The van der Waals surface area contributed by atoms with E-state index in [9.17, 15) is 4.79 Å². The topological polar surface area (TPSA) is 81.5 Å². The van der Waals surface area contributed by atoms with Crippen molar-refractivity contribution in [3.8, 4) is 0 Å². The lowest BCUT2D eigenvalue weighted by Crippen LogP contribution is -2.08. The van der Waals surface area contributed by atoms with Crippen molar-refractivity contribution < 1.29 is 19.4 Å². The zero-order valence-corrected chi connectivity index (χ0v) is 9.01. The van der Waals surface area contributed by atoms with Crippen LogP contribution in [0.25, 0.3) is 5.57 Å². The molecule has 6 heteroatoms. The summed E-state index contributed by atoms with van der Waals surface area (Å²) < 4.78 is 9.38. The van der Waals surface area contributed by atoms with Crippen molar-refractivity contribution in [3.05, 3.63) is 30.0 Å². The average molecular weight is 224 g/mol. The SMILES string of the molecule is CO/C=C(/C(=O)OC)c1cncnc1CO. The number of carbonyl (C=O) groups excluding carboxylic acids is 1. The van der Waals surface area contributed by atoms with Crippen LogP contribution in [0.2, 0.25) is 0 Å². The van der Waals surface area contributed by atoms with Gasteiger partial charge >= 0.3 is 5.97 Å². The largest absolute Gasteiger partial charge is 0.503 e. The van der Waals surface area contributed by atoms with Gasteiger partial charge < -0.3 is 14.6 Å². The zero-order valence-electron chi connectivity index (χ0n) is 9.01. The third-order valence-electron chi connectivity index (χ3n) is 1.88. The van der Waals surface area contributed by atoms with Crippen LogP contribution in [0.15, 0.2) is 18.8 Å². The van der Waals surface area contributed by atoms with Crippen LogP contribution in [0.5, 0.6) is 0 Å². The molecule has 0 aromatic carbocycles. The van der Waals surface area contributed by atoms with Gasteiger partial charge in [-0.2, -0.15) is 0 Å². The molecular formula is C10H12N2O4. The van der Waals surface area contributed by atoms with E-state index in [2.05, 4.69) is 14.7 Å².